The van der Waals surface area contributed by atoms with E-state index in [1.54, 1.807) is 12.1 Å². The minimum absolute atomic E-state index is 0.119. The van der Waals surface area contributed by atoms with Gasteiger partial charge in [-0.3, -0.25) is 0 Å². The van der Waals surface area contributed by atoms with Gasteiger partial charge >= 0.3 is 6.36 Å². The van der Waals surface area contributed by atoms with Crippen LogP contribution in [0.1, 0.15) is 0 Å². The Kier molecular flexibility index (Phi) is 5.93. The minimum Gasteiger partial charge on any atom is -0.406 e. The summed E-state index contributed by atoms with van der Waals surface area (Å²) in [6.07, 6.45) is -4.76. The van der Waals surface area contributed by atoms with Gasteiger partial charge in [0.25, 0.3) is 0 Å². The van der Waals surface area contributed by atoms with Crippen LogP contribution in [-0.4, -0.2) is 25.0 Å². The third kappa shape index (κ3) is 4.93. The van der Waals surface area contributed by atoms with Gasteiger partial charge in [-0.2, -0.15) is 0 Å². The number of hydrogen-bond donors (Lipinski definition) is 0. The summed E-state index contributed by atoms with van der Waals surface area (Å²) in [4.78, 5) is 0.249. The lowest BCUT2D eigenvalue weighted by Crippen LogP contribution is -2.16. The fraction of sp³-hybridized carbons (Fsp3) is 0.0476. The van der Waals surface area contributed by atoms with Crippen molar-refractivity contribution in [2.24, 2.45) is 0 Å². The first-order valence-corrected chi connectivity index (χ1v) is 11.6. The van der Waals surface area contributed by atoms with Crippen LogP contribution in [0.15, 0.2) is 82.6 Å². The van der Waals surface area contributed by atoms with Crippen LogP contribution in [0.25, 0.3) is 21.1 Å². The molecule has 4 rings (SSSR count). The van der Waals surface area contributed by atoms with Crippen molar-refractivity contribution in [2.45, 2.75) is 16.2 Å². The molecule has 0 bridgehead atoms. The smallest absolute Gasteiger partial charge is 0.406 e. The molecule has 0 saturated carbocycles. The van der Waals surface area contributed by atoms with Gasteiger partial charge < -0.3 is 4.74 Å². The van der Waals surface area contributed by atoms with Crippen LogP contribution in [-0.2, 0) is 9.84 Å². The lowest BCUT2D eigenvalue weighted by Gasteiger charge is -2.08. The molecule has 0 N–H and O–H groups in total. The van der Waals surface area contributed by atoms with Crippen molar-refractivity contribution in [2.75, 3.05) is 0 Å². The maximum Gasteiger partial charge on any atom is 0.573 e. The zero-order chi connectivity index (χ0) is 22.9. The highest BCUT2D eigenvalue weighted by Gasteiger charge is 2.31. The Morgan fingerprint density at radius 2 is 1.19 bits per heavy atom. The van der Waals surface area contributed by atoms with Crippen molar-refractivity contribution >= 4 is 32.8 Å². The Morgan fingerprint density at radius 1 is 0.750 bits per heavy atom. The van der Waals surface area contributed by atoms with Crippen LogP contribution in [0.4, 0.5) is 13.2 Å². The van der Waals surface area contributed by atoms with Gasteiger partial charge in [-0.1, -0.05) is 35.1 Å². The van der Waals surface area contributed by atoms with Crippen molar-refractivity contribution in [3.63, 3.8) is 0 Å². The highest BCUT2D eigenvalue weighted by atomic mass is 35.5. The Bertz CT molecular complexity index is 1340. The average molecular weight is 497 g/mol. The SMILES string of the molecule is O=S(=O)(c1ccc(Cl)cc1)c1ccc(-c2nnc(-c3ccc(OC(F)(F)F)cc3)s2)cc1. The zero-order valence-electron chi connectivity index (χ0n) is 15.9. The van der Waals surface area contributed by atoms with Gasteiger partial charge in [0.2, 0.25) is 9.84 Å². The number of sulfone groups is 1. The van der Waals surface area contributed by atoms with E-state index in [2.05, 4.69) is 14.9 Å². The van der Waals surface area contributed by atoms with Crippen molar-refractivity contribution in [1.82, 2.24) is 10.2 Å². The molecule has 32 heavy (non-hydrogen) atoms. The first-order valence-electron chi connectivity index (χ1n) is 8.93. The Hall–Kier alpha value is -2.95. The van der Waals surface area contributed by atoms with Crippen molar-refractivity contribution in [3.05, 3.63) is 77.8 Å². The Morgan fingerprint density at radius 3 is 1.66 bits per heavy atom. The van der Waals surface area contributed by atoms with Crippen LogP contribution >= 0.6 is 22.9 Å². The van der Waals surface area contributed by atoms with E-state index in [0.717, 1.165) is 0 Å². The van der Waals surface area contributed by atoms with E-state index in [1.165, 1.54) is 72.0 Å². The van der Waals surface area contributed by atoms with Gasteiger partial charge in [-0.15, -0.1) is 23.4 Å². The molecule has 0 spiro atoms. The molecule has 0 fully saturated rings. The molecule has 0 atom stereocenters. The van der Waals surface area contributed by atoms with E-state index >= 15 is 0 Å². The van der Waals surface area contributed by atoms with E-state index in [4.69, 9.17) is 11.6 Å². The number of ether oxygens (including phenoxy) is 1. The molecule has 0 amide bonds. The summed E-state index contributed by atoms with van der Waals surface area (Å²) in [5.41, 5.74) is 1.23. The second-order valence-corrected chi connectivity index (χ2v) is 9.83. The first-order chi connectivity index (χ1) is 15.1. The molecule has 5 nitrogen and oxygen atoms in total. The van der Waals surface area contributed by atoms with E-state index in [9.17, 15) is 21.6 Å². The maximum absolute atomic E-state index is 12.7. The van der Waals surface area contributed by atoms with E-state index in [0.29, 0.717) is 26.2 Å². The van der Waals surface area contributed by atoms with Crippen LogP contribution in [0.5, 0.6) is 5.75 Å². The summed E-state index contributed by atoms with van der Waals surface area (Å²) in [5.74, 6) is -0.330. The van der Waals surface area contributed by atoms with Crippen LogP contribution < -0.4 is 4.74 Å². The molecule has 1 aromatic heterocycles. The predicted octanol–water partition coefficient (Wildman–Crippen LogP) is 6.26. The number of nitrogens with zero attached hydrogens (tertiary/aromatic N) is 2. The second-order valence-electron chi connectivity index (χ2n) is 6.47. The normalized spacial score (nSPS) is 12.0. The van der Waals surface area contributed by atoms with E-state index in [-0.39, 0.29) is 15.5 Å². The van der Waals surface area contributed by atoms with Gasteiger partial charge in [-0.05, 0) is 60.7 Å². The largest absolute Gasteiger partial charge is 0.573 e. The number of aromatic nitrogens is 2. The molecule has 1 heterocycles. The second kappa shape index (κ2) is 8.53. The highest BCUT2D eigenvalue weighted by Crippen LogP contribution is 2.33. The van der Waals surface area contributed by atoms with Crippen molar-refractivity contribution < 1.29 is 26.3 Å². The summed E-state index contributed by atoms with van der Waals surface area (Å²) < 4.78 is 66.2. The number of hydrogen-bond acceptors (Lipinski definition) is 6. The standard InChI is InChI=1S/C21H12ClF3N2O3S2/c22-15-5-11-18(12-6-15)32(28,29)17-9-3-14(4-10-17)20-27-26-19(31-20)13-1-7-16(8-2-13)30-21(23,24)25/h1-12H. The Labute approximate surface area is 190 Å². The van der Waals surface area contributed by atoms with Gasteiger partial charge in [0, 0.05) is 16.1 Å². The number of halogens is 4. The number of rotatable bonds is 5. The summed E-state index contributed by atoms with van der Waals surface area (Å²) in [7, 11) is -3.69. The lowest BCUT2D eigenvalue weighted by molar-refractivity contribution is -0.274. The summed E-state index contributed by atoms with van der Waals surface area (Å²) in [5, 5.41) is 9.64. The van der Waals surface area contributed by atoms with Crippen molar-refractivity contribution in [3.8, 4) is 26.9 Å². The lowest BCUT2D eigenvalue weighted by atomic mass is 10.2. The molecule has 4 aromatic rings. The van der Waals surface area contributed by atoms with Gasteiger partial charge in [0.15, 0.2) is 0 Å². The highest BCUT2D eigenvalue weighted by molar-refractivity contribution is 7.91. The van der Waals surface area contributed by atoms with Gasteiger partial charge in [0.1, 0.15) is 15.8 Å². The van der Waals surface area contributed by atoms with Crippen LogP contribution in [0.2, 0.25) is 5.02 Å². The molecular weight excluding hydrogens is 485 g/mol. The molecule has 0 radical (unpaired) electrons. The van der Waals surface area contributed by atoms with E-state index < -0.39 is 16.2 Å². The van der Waals surface area contributed by atoms with Gasteiger partial charge in [-0.25, -0.2) is 8.42 Å². The third-order valence-corrected chi connectivity index (χ3v) is 7.35. The topological polar surface area (TPSA) is 69.2 Å². The van der Waals surface area contributed by atoms with Crippen LogP contribution in [0.3, 0.4) is 0 Å². The number of alkyl halides is 3. The predicted molar refractivity (Wildman–Crippen MR) is 114 cm³/mol. The fourth-order valence-electron chi connectivity index (χ4n) is 2.78. The minimum atomic E-state index is -4.76. The molecule has 3 aromatic carbocycles. The zero-order valence-corrected chi connectivity index (χ0v) is 18.3. The third-order valence-electron chi connectivity index (χ3n) is 4.30. The van der Waals surface area contributed by atoms with E-state index in [1.807, 2.05) is 0 Å². The maximum atomic E-state index is 12.7. The van der Waals surface area contributed by atoms with Crippen molar-refractivity contribution in [1.29, 1.82) is 0 Å². The monoisotopic (exact) mass is 496 g/mol. The molecule has 0 aliphatic heterocycles. The molecule has 0 aliphatic carbocycles. The Balaban J connectivity index is 1.54. The fourth-order valence-corrected chi connectivity index (χ4v) is 5.02. The average Bonchev–Trinajstić information content (AvgIpc) is 3.24. The molecule has 0 saturated heterocycles. The quantitative estimate of drug-likeness (QED) is 0.326. The number of benzene rings is 3. The molecule has 164 valence electrons. The molecule has 11 heteroatoms. The summed E-state index contributed by atoms with van der Waals surface area (Å²) >= 11 is 7.04. The molecule has 0 aliphatic rings. The molecular formula is C21H12ClF3N2O3S2. The van der Waals surface area contributed by atoms with Crippen LogP contribution in [0, 0.1) is 0 Å². The molecule has 0 unspecified atom stereocenters. The summed E-state index contributed by atoms with van der Waals surface area (Å²) in [6, 6.07) is 17.4. The first kappa shape index (κ1) is 22.3. The summed E-state index contributed by atoms with van der Waals surface area (Å²) in [6.45, 7) is 0. The van der Waals surface area contributed by atoms with Gasteiger partial charge in [0.05, 0.1) is 9.79 Å².